The summed E-state index contributed by atoms with van der Waals surface area (Å²) in [6.45, 7) is 5.11. The second-order valence-electron chi connectivity index (χ2n) is 17.3. The van der Waals surface area contributed by atoms with E-state index in [1.807, 2.05) is 72.8 Å². The van der Waals surface area contributed by atoms with Crippen LogP contribution in [-0.4, -0.2) is 78.5 Å². The maximum absolute atomic E-state index is 14.3. The molecule has 0 bridgehead atoms. The van der Waals surface area contributed by atoms with Gasteiger partial charge in [-0.2, -0.15) is 0 Å². The molecule has 2 N–H and O–H groups in total. The van der Waals surface area contributed by atoms with E-state index in [9.17, 15) is 15.0 Å². The molecule has 2 aliphatic carbocycles. The van der Waals surface area contributed by atoms with Gasteiger partial charge in [0.15, 0.2) is 0 Å². The van der Waals surface area contributed by atoms with E-state index in [2.05, 4.69) is 43.0 Å². The number of amides is 1. The molecule has 338 valence electrons. The topological polar surface area (TPSA) is 129 Å². The molecule has 11 nitrogen and oxygen atoms in total. The van der Waals surface area contributed by atoms with Crippen LogP contribution in [0.4, 0.5) is 4.79 Å². The van der Waals surface area contributed by atoms with Crippen molar-refractivity contribution in [2.24, 2.45) is 22.9 Å². The van der Waals surface area contributed by atoms with Crippen molar-refractivity contribution < 1.29 is 43.5 Å². The molecule has 0 aromatic heterocycles. The van der Waals surface area contributed by atoms with Crippen molar-refractivity contribution in [2.75, 3.05) is 33.5 Å². The Morgan fingerprint density at radius 3 is 2.33 bits per heavy atom. The van der Waals surface area contributed by atoms with Gasteiger partial charge in [-0.05, 0) is 103 Å². The maximum atomic E-state index is 14.3. The van der Waals surface area contributed by atoms with Gasteiger partial charge >= 0.3 is 6.09 Å². The zero-order chi connectivity index (χ0) is 44.3. The summed E-state index contributed by atoms with van der Waals surface area (Å²) in [6.07, 6.45) is 10.6. The Labute approximate surface area is 377 Å². The molecule has 4 aromatic carbocycles. The maximum Gasteiger partial charge on any atom is 0.410 e. The van der Waals surface area contributed by atoms with Gasteiger partial charge < -0.3 is 43.6 Å². The highest BCUT2D eigenvalue weighted by Crippen LogP contribution is 2.62. The number of oxime groups is 1. The van der Waals surface area contributed by atoms with Gasteiger partial charge in [-0.1, -0.05) is 103 Å². The molecule has 4 aliphatic rings. The van der Waals surface area contributed by atoms with Crippen LogP contribution in [0.15, 0.2) is 133 Å². The van der Waals surface area contributed by atoms with Crippen LogP contribution >= 0.6 is 0 Å². The number of rotatable bonds is 19. The number of unbranched alkanes of at least 4 members (excludes halogenated alkanes) is 2. The van der Waals surface area contributed by atoms with Gasteiger partial charge in [0.05, 0.1) is 24.8 Å². The van der Waals surface area contributed by atoms with Gasteiger partial charge in [0.2, 0.25) is 12.1 Å². The number of allylic oxidation sites excluding steroid dienone is 1. The highest BCUT2D eigenvalue weighted by Gasteiger charge is 2.65. The summed E-state index contributed by atoms with van der Waals surface area (Å²) in [5, 5.41) is 24.9. The number of carbonyl (C=O) groups excluding carboxylic acids is 1. The molecule has 1 amide bonds. The fraction of sp³-hybridized carbons (Fsp3) is 0.434. The van der Waals surface area contributed by atoms with Gasteiger partial charge in [-0.15, -0.1) is 6.58 Å². The summed E-state index contributed by atoms with van der Waals surface area (Å²) >= 11 is 0. The molecule has 1 unspecified atom stereocenters. The molecule has 1 saturated heterocycles. The summed E-state index contributed by atoms with van der Waals surface area (Å²) in [5.41, 5.74) is 5.72. The third-order valence-electron chi connectivity index (χ3n) is 13.2. The number of aliphatic hydroxyl groups is 2. The molecular weight excluding hydrogens is 809 g/mol. The smallest absolute Gasteiger partial charge is 0.410 e. The van der Waals surface area contributed by atoms with Gasteiger partial charge in [0.1, 0.15) is 29.9 Å². The van der Waals surface area contributed by atoms with E-state index in [0.29, 0.717) is 42.4 Å². The molecule has 11 heteroatoms. The van der Waals surface area contributed by atoms with E-state index in [0.717, 1.165) is 72.8 Å². The van der Waals surface area contributed by atoms with Crippen molar-refractivity contribution in [3.05, 3.63) is 139 Å². The predicted molar refractivity (Wildman–Crippen MR) is 246 cm³/mol. The molecule has 0 spiro atoms. The predicted octanol–water partition coefficient (Wildman–Crippen LogP) is 10.6. The molecule has 64 heavy (non-hydrogen) atoms. The third-order valence-corrected chi connectivity index (χ3v) is 13.2. The summed E-state index contributed by atoms with van der Waals surface area (Å²) in [5.74, 6) is 0.0804. The first-order chi connectivity index (χ1) is 31.4. The number of hydrogen-bond acceptors (Lipinski definition) is 10. The van der Waals surface area contributed by atoms with E-state index < -0.39 is 30.1 Å². The minimum absolute atomic E-state index is 0.0617. The number of fused-ring (bicyclic) bond motifs is 2. The molecule has 2 heterocycles. The average Bonchev–Trinajstić information content (AvgIpc) is 3.34. The van der Waals surface area contributed by atoms with Gasteiger partial charge in [0, 0.05) is 44.6 Å². The quantitative estimate of drug-likeness (QED) is 0.0538. The minimum atomic E-state index is -1.40. The van der Waals surface area contributed by atoms with Crippen LogP contribution in [0.5, 0.6) is 17.2 Å². The lowest BCUT2D eigenvalue weighted by atomic mass is 9.55. The molecule has 0 radical (unpaired) electrons. The normalized spacial score (nSPS) is 25.2. The molecule has 8 rings (SSSR count). The van der Waals surface area contributed by atoms with Crippen LogP contribution in [0.2, 0.25) is 0 Å². The van der Waals surface area contributed by atoms with Gasteiger partial charge in [-0.25, -0.2) is 4.79 Å². The SMILES string of the molecule is C=CCO[C@@]12Oc3ccc(Oc4ccc(-c5ccccc5)cc4)cc3[C@H]3[C@H](CCCCO)[C@@H](CCCCO)C=C(C(=NOC4CCCCO4)C[C@@H]1N(C)C(=O)OCc1ccccc1)[C@H]32. The minimum Gasteiger partial charge on any atom is -0.459 e. The van der Waals surface area contributed by atoms with Gasteiger partial charge in [-0.3, -0.25) is 0 Å². The molecule has 2 fully saturated rings. The Kier molecular flexibility index (Phi) is 15.1. The van der Waals surface area contributed by atoms with Crippen LogP contribution in [0.3, 0.4) is 0 Å². The number of ether oxygens (including phenoxy) is 5. The number of hydrogen-bond donors (Lipinski definition) is 2. The first-order valence-electron chi connectivity index (χ1n) is 23.0. The molecular formula is C53H62N2O9. The lowest BCUT2D eigenvalue weighted by Crippen LogP contribution is -2.69. The second kappa shape index (κ2) is 21.5. The van der Waals surface area contributed by atoms with Crippen molar-refractivity contribution in [1.82, 2.24) is 4.90 Å². The lowest BCUT2D eigenvalue weighted by Gasteiger charge is -2.59. The number of benzene rings is 4. The van der Waals surface area contributed by atoms with Crippen molar-refractivity contribution in [2.45, 2.75) is 94.9 Å². The van der Waals surface area contributed by atoms with E-state index in [1.165, 1.54) is 0 Å². The Balaban J connectivity index is 1.24. The average molecular weight is 871 g/mol. The number of carbonyl (C=O) groups is 1. The molecule has 7 atom stereocenters. The summed E-state index contributed by atoms with van der Waals surface area (Å²) in [4.78, 5) is 22.1. The fourth-order valence-electron chi connectivity index (χ4n) is 10.1. The van der Waals surface area contributed by atoms with Crippen molar-refractivity contribution in [3.8, 4) is 28.4 Å². The zero-order valence-electron chi connectivity index (χ0n) is 36.9. The van der Waals surface area contributed by atoms with Crippen molar-refractivity contribution >= 4 is 11.8 Å². The summed E-state index contributed by atoms with van der Waals surface area (Å²) in [7, 11) is 1.74. The van der Waals surface area contributed by atoms with Gasteiger partial charge in [0.25, 0.3) is 0 Å². The van der Waals surface area contributed by atoms with Crippen LogP contribution in [0.1, 0.15) is 81.3 Å². The van der Waals surface area contributed by atoms with Crippen LogP contribution < -0.4 is 9.47 Å². The highest BCUT2D eigenvalue weighted by atomic mass is 16.8. The Hall–Kier alpha value is -5.46. The monoisotopic (exact) mass is 870 g/mol. The van der Waals surface area contributed by atoms with Crippen molar-refractivity contribution in [3.63, 3.8) is 0 Å². The highest BCUT2D eigenvalue weighted by molar-refractivity contribution is 6.03. The number of nitrogens with zero attached hydrogens (tertiary/aromatic N) is 2. The largest absolute Gasteiger partial charge is 0.459 e. The van der Waals surface area contributed by atoms with E-state index >= 15 is 0 Å². The summed E-state index contributed by atoms with van der Waals surface area (Å²) in [6, 6.07) is 33.2. The van der Waals surface area contributed by atoms with Crippen LogP contribution in [0.25, 0.3) is 11.1 Å². The van der Waals surface area contributed by atoms with E-state index in [1.54, 1.807) is 18.0 Å². The molecule has 1 saturated carbocycles. The zero-order valence-corrected chi connectivity index (χ0v) is 36.9. The molecule has 2 aliphatic heterocycles. The third kappa shape index (κ3) is 10.1. The number of aliphatic hydroxyl groups excluding tert-OH is 2. The van der Waals surface area contributed by atoms with E-state index in [4.69, 9.17) is 33.7 Å². The van der Waals surface area contributed by atoms with Crippen LogP contribution in [-0.2, 0) is 25.7 Å². The Bertz CT molecular complexity index is 2210. The molecule has 4 aromatic rings. The number of likely N-dealkylation sites (N-methyl/N-ethyl adjacent to an activating group) is 1. The van der Waals surface area contributed by atoms with E-state index in [-0.39, 0.29) is 50.6 Å². The summed E-state index contributed by atoms with van der Waals surface area (Å²) < 4.78 is 32.9. The van der Waals surface area contributed by atoms with Crippen LogP contribution in [0, 0.1) is 17.8 Å². The first kappa shape index (κ1) is 45.1. The standard InChI is InChI=1S/C53H62N2O9/c1-3-31-61-53-48(55(2)52(58)60-36-37-16-6-4-7-17-37)35-46(54-64-49-22-12-15-32-59-49)44-33-40(20-10-13-29-56)43(21-11-14-30-57)50(51(44)53)45-34-42(27-28-47(45)63-53)62-41-25-23-39(24-26-41)38-18-8-5-9-19-38/h3-9,16-19,23-28,33-34,40,43,48-51,56-57H,1,10-15,20-22,29-32,35-36H2,2H3/t40-,43+,48-,49?,50+,51+,53+/m0/s1. The fourth-order valence-corrected chi connectivity index (χ4v) is 10.1. The lowest BCUT2D eigenvalue weighted by molar-refractivity contribution is -0.254. The Morgan fingerprint density at radius 2 is 1.61 bits per heavy atom. The first-order valence-corrected chi connectivity index (χ1v) is 23.0. The second-order valence-corrected chi connectivity index (χ2v) is 17.3. The Morgan fingerprint density at radius 1 is 0.891 bits per heavy atom. The van der Waals surface area contributed by atoms with Crippen molar-refractivity contribution in [1.29, 1.82) is 0 Å².